The number of nitro groups is 1. The minimum atomic E-state index is -0.782. The molecule has 6 nitrogen and oxygen atoms in total. The van der Waals surface area contributed by atoms with Crippen molar-refractivity contribution in [1.82, 2.24) is 4.57 Å². The average molecular weight is 378 g/mol. The van der Waals surface area contributed by atoms with E-state index in [4.69, 9.17) is 11.6 Å². The van der Waals surface area contributed by atoms with E-state index in [1.54, 1.807) is 12.1 Å². The Bertz CT molecular complexity index is 755. The highest BCUT2D eigenvalue weighted by atomic mass is 79.9. The highest BCUT2D eigenvalue weighted by molar-refractivity contribution is 9.10. The zero-order chi connectivity index (χ0) is 14.9. The lowest BCUT2D eigenvalue weighted by atomic mass is 10.3. The number of halogens is 2. The molecular weight excluding hydrogens is 372 g/mol. The second-order valence-corrected chi connectivity index (χ2v) is 6.35. The average Bonchev–Trinajstić information content (AvgIpc) is 2.80. The summed E-state index contributed by atoms with van der Waals surface area (Å²) < 4.78 is 1.81. The van der Waals surface area contributed by atoms with Crippen LogP contribution in [0.5, 0.6) is 0 Å². The van der Waals surface area contributed by atoms with E-state index < -0.39 is 16.0 Å². The van der Waals surface area contributed by atoms with Gasteiger partial charge >= 0.3 is 5.69 Å². The summed E-state index contributed by atoms with van der Waals surface area (Å²) in [6, 6.07) is 3.19. The summed E-state index contributed by atoms with van der Waals surface area (Å²) in [6.45, 7) is -0.115. The Morgan fingerprint density at radius 1 is 1.45 bits per heavy atom. The molecule has 9 heteroatoms. The molecule has 0 unspecified atom stereocenters. The maximum atomic E-state index is 12.0. The van der Waals surface area contributed by atoms with E-state index in [1.807, 2.05) is 0 Å². The predicted molar refractivity (Wildman–Crippen MR) is 78.7 cm³/mol. The van der Waals surface area contributed by atoms with Crippen LogP contribution in [0.1, 0.15) is 9.67 Å². The first-order valence-corrected chi connectivity index (χ1v) is 7.19. The van der Waals surface area contributed by atoms with Crippen molar-refractivity contribution in [2.24, 2.45) is 0 Å². The number of nitrogens with zero attached hydrogens (tertiary/aromatic N) is 2. The van der Waals surface area contributed by atoms with E-state index in [1.165, 1.54) is 10.8 Å². The fourth-order valence-corrected chi connectivity index (χ4v) is 2.95. The number of carbonyl (C=O) groups excluding carboxylic acids is 1. The zero-order valence-corrected chi connectivity index (χ0v) is 12.9. The van der Waals surface area contributed by atoms with Gasteiger partial charge in [-0.2, -0.15) is 0 Å². The molecule has 0 spiro atoms. The van der Waals surface area contributed by atoms with Crippen LogP contribution in [0, 0.1) is 10.1 Å². The summed E-state index contributed by atoms with van der Waals surface area (Å²) >= 11 is 9.82. The van der Waals surface area contributed by atoms with Crippen molar-refractivity contribution in [2.75, 3.05) is 0 Å². The first-order valence-electron chi connectivity index (χ1n) is 5.21. The Morgan fingerprint density at radius 2 is 2.15 bits per heavy atom. The fourth-order valence-electron chi connectivity index (χ4n) is 1.51. The van der Waals surface area contributed by atoms with Crippen LogP contribution in [-0.4, -0.2) is 15.3 Å². The third-order valence-electron chi connectivity index (χ3n) is 2.39. The van der Waals surface area contributed by atoms with Gasteiger partial charge in [-0.15, -0.1) is 11.3 Å². The van der Waals surface area contributed by atoms with Crippen LogP contribution in [0.3, 0.4) is 0 Å². The van der Waals surface area contributed by atoms with Gasteiger partial charge in [-0.3, -0.25) is 19.7 Å². The predicted octanol–water partition coefficient (Wildman–Crippen LogP) is 3.12. The highest BCUT2D eigenvalue weighted by Gasteiger charge is 2.17. The molecule has 0 aliphatic heterocycles. The van der Waals surface area contributed by atoms with Gasteiger partial charge in [0.15, 0.2) is 5.78 Å². The summed E-state index contributed by atoms with van der Waals surface area (Å²) in [5.41, 5.74) is -1.31. The molecule has 20 heavy (non-hydrogen) atoms. The Kier molecular flexibility index (Phi) is 4.36. The molecule has 2 aromatic rings. The standard InChI is InChI=1S/C11H6BrClN2O4S/c12-6-3-14(4-7(11(6)17)15(18)19)5-8(16)9-1-2-10(13)20-9/h1-4H,5H2. The van der Waals surface area contributed by atoms with Crippen molar-refractivity contribution in [1.29, 1.82) is 0 Å². The maximum Gasteiger partial charge on any atom is 0.333 e. The molecule has 0 aromatic carbocycles. The second-order valence-electron chi connectivity index (χ2n) is 3.78. The van der Waals surface area contributed by atoms with E-state index in [-0.39, 0.29) is 16.8 Å². The lowest BCUT2D eigenvalue weighted by Gasteiger charge is -2.05. The topological polar surface area (TPSA) is 82.2 Å². The number of carbonyl (C=O) groups is 1. The van der Waals surface area contributed by atoms with Crippen LogP contribution in [-0.2, 0) is 6.54 Å². The third-order valence-corrected chi connectivity index (χ3v) is 4.22. The van der Waals surface area contributed by atoms with Gasteiger partial charge in [0, 0.05) is 6.20 Å². The minimum absolute atomic E-state index is 0.0312. The number of ketones is 1. The second kappa shape index (κ2) is 5.86. The maximum absolute atomic E-state index is 12.0. The number of pyridine rings is 1. The van der Waals surface area contributed by atoms with Crippen LogP contribution in [0.15, 0.2) is 33.8 Å². The molecule has 0 aliphatic carbocycles. The largest absolute Gasteiger partial charge is 0.339 e. The number of hydrogen-bond acceptors (Lipinski definition) is 5. The molecule has 0 radical (unpaired) electrons. The number of hydrogen-bond donors (Lipinski definition) is 0. The summed E-state index contributed by atoms with van der Waals surface area (Å²) in [4.78, 5) is 33.9. The molecule has 0 aliphatic rings. The van der Waals surface area contributed by atoms with Gasteiger partial charge in [0.1, 0.15) is 0 Å². The van der Waals surface area contributed by atoms with Crippen LogP contribution in [0.4, 0.5) is 5.69 Å². The molecule has 0 atom stereocenters. The van der Waals surface area contributed by atoms with E-state index in [0.29, 0.717) is 9.21 Å². The number of rotatable bonds is 4. The normalized spacial score (nSPS) is 10.5. The van der Waals surface area contributed by atoms with Gasteiger partial charge < -0.3 is 4.57 Å². The van der Waals surface area contributed by atoms with E-state index in [9.17, 15) is 19.7 Å². The fraction of sp³-hybridized carbons (Fsp3) is 0.0909. The third kappa shape index (κ3) is 3.14. The van der Waals surface area contributed by atoms with Crippen molar-refractivity contribution in [3.63, 3.8) is 0 Å². The van der Waals surface area contributed by atoms with Gasteiger partial charge in [-0.05, 0) is 28.1 Å². The molecule has 0 saturated heterocycles. The SMILES string of the molecule is O=C(Cn1cc(Br)c(=O)c([N+](=O)[O-])c1)c1ccc(Cl)s1. The van der Waals surface area contributed by atoms with Crippen LogP contribution >= 0.6 is 38.9 Å². The Morgan fingerprint density at radius 3 is 2.70 bits per heavy atom. The number of Topliss-reactive ketones (excluding diaryl/α,β-unsaturated/α-hetero) is 1. The molecule has 0 saturated carbocycles. The number of aromatic nitrogens is 1. The molecule has 0 amide bonds. The van der Waals surface area contributed by atoms with E-state index in [2.05, 4.69) is 15.9 Å². The monoisotopic (exact) mass is 376 g/mol. The summed E-state index contributed by atoms with van der Waals surface area (Å²) in [6.07, 6.45) is 2.38. The molecular formula is C11H6BrClN2O4S. The van der Waals surface area contributed by atoms with Gasteiger partial charge in [0.2, 0.25) is 0 Å². The molecule has 2 rings (SSSR count). The number of thiophene rings is 1. The summed E-state index contributed by atoms with van der Waals surface area (Å²) in [5, 5.41) is 10.8. The molecule has 0 N–H and O–H groups in total. The van der Waals surface area contributed by atoms with Crippen molar-refractivity contribution >= 4 is 50.3 Å². The van der Waals surface area contributed by atoms with Crippen LogP contribution in [0.2, 0.25) is 4.34 Å². The van der Waals surface area contributed by atoms with Crippen LogP contribution in [0.25, 0.3) is 0 Å². The minimum Gasteiger partial charge on any atom is -0.339 e. The van der Waals surface area contributed by atoms with Crippen molar-refractivity contribution in [3.05, 3.63) is 58.6 Å². The molecule has 0 fully saturated rings. The first-order chi connectivity index (χ1) is 9.38. The van der Waals surface area contributed by atoms with Gasteiger partial charge in [-0.1, -0.05) is 11.6 Å². The molecule has 0 bridgehead atoms. The zero-order valence-electron chi connectivity index (χ0n) is 9.71. The quantitative estimate of drug-likeness (QED) is 0.466. The molecule has 2 heterocycles. The van der Waals surface area contributed by atoms with E-state index in [0.717, 1.165) is 17.5 Å². The molecule has 2 aromatic heterocycles. The first kappa shape index (κ1) is 14.9. The van der Waals surface area contributed by atoms with Crippen LogP contribution < -0.4 is 5.43 Å². The van der Waals surface area contributed by atoms with Gasteiger partial charge in [0.25, 0.3) is 5.43 Å². The Labute approximate surface area is 129 Å². The Balaban J connectivity index is 2.32. The van der Waals surface area contributed by atoms with Gasteiger partial charge in [0.05, 0.1) is 31.4 Å². The Hall–Kier alpha value is -1.51. The highest BCUT2D eigenvalue weighted by Crippen LogP contribution is 2.22. The van der Waals surface area contributed by atoms with E-state index >= 15 is 0 Å². The van der Waals surface area contributed by atoms with Crippen molar-refractivity contribution in [3.8, 4) is 0 Å². The lowest BCUT2D eigenvalue weighted by Crippen LogP contribution is -2.16. The van der Waals surface area contributed by atoms with Gasteiger partial charge in [-0.25, -0.2) is 0 Å². The molecule has 104 valence electrons. The summed E-state index contributed by atoms with van der Waals surface area (Å²) in [5.74, 6) is -0.244. The van der Waals surface area contributed by atoms with Crippen molar-refractivity contribution in [2.45, 2.75) is 6.54 Å². The smallest absolute Gasteiger partial charge is 0.333 e. The van der Waals surface area contributed by atoms with Crippen molar-refractivity contribution < 1.29 is 9.72 Å². The summed E-state index contributed by atoms with van der Waals surface area (Å²) in [7, 11) is 0. The lowest BCUT2D eigenvalue weighted by molar-refractivity contribution is -0.386.